The molecule has 2 aromatic carbocycles. The van der Waals surface area contributed by atoms with Crippen LogP contribution >= 0.6 is 0 Å². The number of nitrogens with zero attached hydrogens (tertiary/aromatic N) is 2. The zero-order valence-corrected chi connectivity index (χ0v) is 23.2. The third-order valence-corrected chi connectivity index (χ3v) is 9.92. The Bertz CT molecular complexity index is 1310. The minimum Gasteiger partial charge on any atom is -0.497 e. The minimum atomic E-state index is -0.334. The van der Waals surface area contributed by atoms with Crippen molar-refractivity contribution in [2.75, 3.05) is 12.4 Å². The van der Waals surface area contributed by atoms with Crippen LogP contribution in [0, 0.1) is 36.7 Å². The lowest BCUT2D eigenvalue weighted by molar-refractivity contribution is -0.130. The van der Waals surface area contributed by atoms with Crippen molar-refractivity contribution in [1.82, 2.24) is 4.90 Å². The van der Waals surface area contributed by atoms with Gasteiger partial charge in [0.25, 0.3) is 5.91 Å². The molecule has 5 heteroatoms. The molecule has 1 aliphatic heterocycles. The van der Waals surface area contributed by atoms with Crippen LogP contribution in [0.4, 0.5) is 11.4 Å². The Morgan fingerprint density at radius 2 is 1.87 bits per heavy atom. The molecule has 1 amide bonds. The highest BCUT2D eigenvalue weighted by molar-refractivity contribution is 5.94. The number of terminal acetylenes is 1. The Kier molecular flexibility index (Phi) is 6.80. The number of carbonyl (C=O) groups is 1. The molecule has 4 saturated carbocycles. The van der Waals surface area contributed by atoms with Gasteiger partial charge in [-0.25, -0.2) is 4.85 Å². The van der Waals surface area contributed by atoms with E-state index in [0.29, 0.717) is 5.69 Å². The molecular formula is C34H39N3O2. The van der Waals surface area contributed by atoms with Gasteiger partial charge in [-0.05, 0) is 116 Å². The predicted molar refractivity (Wildman–Crippen MR) is 155 cm³/mol. The second-order valence-electron chi connectivity index (χ2n) is 12.5. The molecule has 0 spiro atoms. The summed E-state index contributed by atoms with van der Waals surface area (Å²) in [6, 6.07) is 12.0. The minimum absolute atomic E-state index is 0.000627. The average molecular weight is 522 g/mol. The molecule has 4 aliphatic carbocycles. The topological polar surface area (TPSA) is 45.9 Å². The number of ether oxygens (including phenoxy) is 1. The third kappa shape index (κ3) is 4.67. The second-order valence-corrected chi connectivity index (χ2v) is 12.5. The molecule has 5 nitrogen and oxygen atoms in total. The number of unbranched alkanes of at least 4 members (excludes halogenated alkanes) is 1. The Morgan fingerprint density at radius 1 is 1.15 bits per heavy atom. The molecule has 1 N–H and O–H groups in total. The standard InChI is InChI=1S/C34H39N3O2/c1-5-7-8-27-16-26-17-28(39-4)10-11-29(26)33(37(27)32(38)6-2)25-9-12-30(31(18-25)35-3)36-34-19-22-13-23(20-34)15-24(14-22)21-34/h2,9-12,17-18,22-24,27,33,36H,5,7-8,13-16,19-21H2,1,4H3/t22?,23?,24?,27-,33+,34?/m0/s1. The first-order chi connectivity index (χ1) is 19.0. The maximum Gasteiger partial charge on any atom is 0.299 e. The molecule has 5 aliphatic rings. The number of nitrogens with one attached hydrogen (secondary N) is 1. The fourth-order valence-corrected chi connectivity index (χ4v) is 8.71. The van der Waals surface area contributed by atoms with E-state index < -0.39 is 0 Å². The number of amides is 1. The highest BCUT2D eigenvalue weighted by Crippen LogP contribution is 2.57. The van der Waals surface area contributed by atoms with E-state index in [1.54, 1.807) is 7.11 Å². The molecule has 0 unspecified atom stereocenters. The van der Waals surface area contributed by atoms with Gasteiger partial charge in [0.15, 0.2) is 0 Å². The van der Waals surface area contributed by atoms with Gasteiger partial charge in [-0.3, -0.25) is 4.79 Å². The first-order valence-corrected chi connectivity index (χ1v) is 14.7. The number of anilines is 1. The first-order valence-electron chi connectivity index (χ1n) is 14.7. The van der Waals surface area contributed by atoms with Gasteiger partial charge in [0.2, 0.25) is 5.69 Å². The van der Waals surface area contributed by atoms with E-state index in [9.17, 15) is 4.79 Å². The average Bonchev–Trinajstić information content (AvgIpc) is 2.93. The van der Waals surface area contributed by atoms with E-state index in [2.05, 4.69) is 47.3 Å². The molecule has 4 fully saturated rings. The molecule has 39 heavy (non-hydrogen) atoms. The smallest absolute Gasteiger partial charge is 0.299 e. The van der Waals surface area contributed by atoms with Crippen molar-refractivity contribution in [3.63, 3.8) is 0 Å². The molecule has 202 valence electrons. The summed E-state index contributed by atoms with van der Waals surface area (Å²) in [7, 11) is 1.68. The monoisotopic (exact) mass is 521 g/mol. The van der Waals surface area contributed by atoms with Crippen LogP contribution in [-0.2, 0) is 11.2 Å². The number of rotatable bonds is 7. The van der Waals surface area contributed by atoms with Crippen molar-refractivity contribution < 1.29 is 9.53 Å². The number of benzene rings is 2. The molecule has 2 aromatic rings. The van der Waals surface area contributed by atoms with Crippen molar-refractivity contribution in [2.24, 2.45) is 17.8 Å². The van der Waals surface area contributed by atoms with Crippen LogP contribution in [0.1, 0.15) is 87.4 Å². The van der Waals surface area contributed by atoms with E-state index in [1.807, 2.05) is 17.0 Å². The SMILES string of the molecule is [C-]#[N+]c1cc([C@@H]2c3ccc(OC)cc3C[C@H](CCCC)N2C(=O)C#C)ccc1NC12CC3CC(CC(C3)C1)C2. The fraction of sp³-hybridized carbons (Fsp3) is 0.529. The highest BCUT2D eigenvalue weighted by atomic mass is 16.5. The summed E-state index contributed by atoms with van der Waals surface area (Å²) < 4.78 is 5.54. The van der Waals surface area contributed by atoms with Gasteiger partial charge in [0.05, 0.1) is 19.7 Å². The van der Waals surface area contributed by atoms with Gasteiger partial charge in [0.1, 0.15) is 5.75 Å². The van der Waals surface area contributed by atoms with Crippen LogP contribution in [0.3, 0.4) is 0 Å². The van der Waals surface area contributed by atoms with Gasteiger partial charge in [-0.2, -0.15) is 0 Å². The Balaban J connectivity index is 1.39. The van der Waals surface area contributed by atoms with Crippen molar-refractivity contribution >= 4 is 17.3 Å². The van der Waals surface area contributed by atoms with Gasteiger partial charge in [0, 0.05) is 17.3 Å². The molecular weight excluding hydrogens is 482 g/mol. The number of methoxy groups -OCH3 is 1. The van der Waals surface area contributed by atoms with Crippen molar-refractivity contribution in [3.8, 4) is 18.1 Å². The van der Waals surface area contributed by atoms with Crippen LogP contribution in [0.15, 0.2) is 36.4 Å². The van der Waals surface area contributed by atoms with Crippen molar-refractivity contribution in [3.05, 3.63) is 64.5 Å². The zero-order chi connectivity index (χ0) is 27.1. The summed E-state index contributed by atoms with van der Waals surface area (Å²) in [5.41, 5.74) is 4.86. The molecule has 1 heterocycles. The zero-order valence-electron chi connectivity index (χ0n) is 23.2. The molecule has 0 saturated heterocycles. The lowest BCUT2D eigenvalue weighted by atomic mass is 9.53. The van der Waals surface area contributed by atoms with E-state index in [4.69, 9.17) is 17.7 Å². The quantitative estimate of drug-likeness (QED) is 0.307. The van der Waals surface area contributed by atoms with E-state index in [1.165, 1.54) is 44.1 Å². The van der Waals surface area contributed by atoms with Crippen LogP contribution in [0.25, 0.3) is 4.85 Å². The number of hydrogen-bond acceptors (Lipinski definition) is 3. The molecule has 0 aromatic heterocycles. The van der Waals surface area contributed by atoms with E-state index in [0.717, 1.165) is 66.0 Å². The molecule has 2 atom stereocenters. The van der Waals surface area contributed by atoms with Crippen molar-refractivity contribution in [1.29, 1.82) is 0 Å². The third-order valence-electron chi connectivity index (χ3n) is 9.92. The van der Waals surface area contributed by atoms with Crippen LogP contribution in [-0.4, -0.2) is 29.5 Å². The summed E-state index contributed by atoms with van der Waals surface area (Å²) in [5.74, 6) is 5.43. The van der Waals surface area contributed by atoms with Gasteiger partial charge in [-0.15, -0.1) is 6.42 Å². The maximum atomic E-state index is 13.3. The van der Waals surface area contributed by atoms with Crippen LogP contribution in [0.5, 0.6) is 5.75 Å². The molecule has 7 rings (SSSR count). The lowest BCUT2D eigenvalue weighted by Crippen LogP contribution is -2.54. The Labute approximate surface area is 233 Å². The van der Waals surface area contributed by atoms with Crippen molar-refractivity contribution in [2.45, 2.75) is 88.8 Å². The van der Waals surface area contributed by atoms with E-state index >= 15 is 0 Å². The summed E-state index contributed by atoms with van der Waals surface area (Å²) in [6.07, 6.45) is 17.3. The first kappa shape index (κ1) is 25.8. The Morgan fingerprint density at radius 3 is 2.49 bits per heavy atom. The lowest BCUT2D eigenvalue weighted by Gasteiger charge is -2.57. The Hall–Kier alpha value is -3.44. The number of hydrogen-bond donors (Lipinski definition) is 1. The van der Waals surface area contributed by atoms with Gasteiger partial charge in [-0.1, -0.05) is 31.9 Å². The summed E-state index contributed by atoms with van der Waals surface area (Å²) in [6.45, 7) is 10.3. The number of fused-ring (bicyclic) bond motifs is 1. The summed E-state index contributed by atoms with van der Waals surface area (Å²) in [5, 5.41) is 3.91. The normalized spacial score (nSPS) is 30.3. The summed E-state index contributed by atoms with van der Waals surface area (Å²) in [4.78, 5) is 19.2. The van der Waals surface area contributed by atoms with Gasteiger partial charge >= 0.3 is 0 Å². The number of carbonyl (C=O) groups excluding carboxylic acids is 1. The predicted octanol–water partition coefficient (Wildman–Crippen LogP) is 7.29. The summed E-state index contributed by atoms with van der Waals surface area (Å²) >= 11 is 0. The second kappa shape index (κ2) is 10.3. The fourth-order valence-electron chi connectivity index (χ4n) is 8.71. The van der Waals surface area contributed by atoms with Crippen LogP contribution < -0.4 is 10.1 Å². The van der Waals surface area contributed by atoms with Gasteiger partial charge < -0.3 is 15.0 Å². The molecule has 0 radical (unpaired) electrons. The van der Waals surface area contributed by atoms with E-state index in [-0.39, 0.29) is 23.5 Å². The highest BCUT2D eigenvalue weighted by Gasteiger charge is 2.51. The largest absolute Gasteiger partial charge is 0.497 e. The van der Waals surface area contributed by atoms with Crippen LogP contribution in [0.2, 0.25) is 0 Å². The molecule has 4 bridgehead atoms. The maximum absolute atomic E-state index is 13.3.